The van der Waals surface area contributed by atoms with Gasteiger partial charge in [-0.2, -0.15) is 9.97 Å². The first-order chi connectivity index (χ1) is 28.3. The minimum absolute atomic E-state index is 0.572. The first kappa shape index (κ1) is 32.7. The summed E-state index contributed by atoms with van der Waals surface area (Å²) in [6.45, 7) is 0. The number of para-hydroxylation sites is 1. The topological polar surface area (TPSA) is 43.6 Å². The molecule has 2 aromatic heterocycles. The Labute approximate surface area is 330 Å². The molecule has 0 saturated carbocycles. The second-order valence-electron chi connectivity index (χ2n) is 14.4. The Morgan fingerprint density at radius 3 is 1.23 bits per heavy atom. The largest absolute Gasteiger partial charge is 0.285 e. The van der Waals surface area contributed by atoms with Gasteiger partial charge in [0.1, 0.15) is 0 Å². The second kappa shape index (κ2) is 13.6. The van der Waals surface area contributed by atoms with E-state index in [2.05, 4.69) is 150 Å². The van der Waals surface area contributed by atoms with Gasteiger partial charge in [0.25, 0.3) is 0 Å². The number of benzene rings is 9. The molecule has 4 heteroatoms. The van der Waals surface area contributed by atoms with E-state index in [0.717, 1.165) is 33.2 Å². The maximum atomic E-state index is 5.10. The summed E-state index contributed by atoms with van der Waals surface area (Å²) >= 11 is 0. The summed E-state index contributed by atoms with van der Waals surface area (Å²) in [5.41, 5.74) is 10.1. The summed E-state index contributed by atoms with van der Waals surface area (Å²) in [6.07, 6.45) is 2.20. The molecule has 0 N–H and O–H groups in total. The van der Waals surface area contributed by atoms with Gasteiger partial charge in [0.05, 0.1) is 5.52 Å². The van der Waals surface area contributed by atoms with Gasteiger partial charge < -0.3 is 0 Å². The fraction of sp³-hybridized carbons (Fsp3) is 0. The van der Waals surface area contributed by atoms with Gasteiger partial charge in [0.15, 0.2) is 11.6 Å². The van der Waals surface area contributed by atoms with Crippen LogP contribution in [-0.4, -0.2) is 19.5 Å². The van der Waals surface area contributed by atoms with Crippen LogP contribution in [0.3, 0.4) is 0 Å². The van der Waals surface area contributed by atoms with E-state index < -0.39 is 0 Å². The van der Waals surface area contributed by atoms with Gasteiger partial charge >= 0.3 is 0 Å². The number of hydrogen-bond donors (Lipinski definition) is 0. The van der Waals surface area contributed by atoms with Crippen molar-refractivity contribution in [3.8, 4) is 62.1 Å². The third-order valence-electron chi connectivity index (χ3n) is 11.1. The highest BCUT2D eigenvalue weighted by atomic mass is 15.2. The molecular weight excluding hydrogens is 693 g/mol. The van der Waals surface area contributed by atoms with E-state index in [4.69, 9.17) is 15.0 Å². The Balaban J connectivity index is 1.14. The number of rotatable bonds is 6. The first-order valence-electron chi connectivity index (χ1n) is 19.3. The van der Waals surface area contributed by atoms with Crippen LogP contribution < -0.4 is 0 Å². The molecule has 0 spiro atoms. The maximum absolute atomic E-state index is 5.10. The van der Waals surface area contributed by atoms with Crippen molar-refractivity contribution in [1.82, 2.24) is 19.5 Å². The first-order valence-corrected chi connectivity index (χ1v) is 19.3. The lowest BCUT2D eigenvalue weighted by Crippen LogP contribution is -2.05. The van der Waals surface area contributed by atoms with Gasteiger partial charge in [-0.1, -0.05) is 194 Å². The summed E-state index contributed by atoms with van der Waals surface area (Å²) in [5, 5.41) is 8.48. The van der Waals surface area contributed by atoms with Crippen molar-refractivity contribution in [3.05, 3.63) is 206 Å². The second-order valence-corrected chi connectivity index (χ2v) is 14.4. The van der Waals surface area contributed by atoms with Crippen molar-refractivity contribution in [2.45, 2.75) is 0 Å². The molecule has 4 nitrogen and oxygen atoms in total. The van der Waals surface area contributed by atoms with E-state index >= 15 is 0 Å². The Kier molecular flexibility index (Phi) is 7.78. The normalized spacial score (nSPS) is 11.5. The Hall–Kier alpha value is -7.69. The van der Waals surface area contributed by atoms with Gasteiger partial charge in [0.2, 0.25) is 5.95 Å². The molecule has 57 heavy (non-hydrogen) atoms. The maximum Gasteiger partial charge on any atom is 0.238 e. The fourth-order valence-electron chi connectivity index (χ4n) is 8.55. The minimum Gasteiger partial charge on any atom is -0.285 e. The Morgan fingerprint density at radius 2 is 0.684 bits per heavy atom. The molecule has 0 atom stereocenters. The predicted molar refractivity (Wildman–Crippen MR) is 236 cm³/mol. The summed E-state index contributed by atoms with van der Waals surface area (Å²) in [6, 6.07) is 70.8. The van der Waals surface area contributed by atoms with Crippen molar-refractivity contribution in [2.24, 2.45) is 0 Å². The van der Waals surface area contributed by atoms with Gasteiger partial charge in [-0.15, -0.1) is 0 Å². The van der Waals surface area contributed by atoms with E-state index in [9.17, 15) is 0 Å². The van der Waals surface area contributed by atoms with Crippen LogP contribution in [0.5, 0.6) is 0 Å². The average Bonchev–Trinajstić information content (AvgIpc) is 3.68. The van der Waals surface area contributed by atoms with E-state index in [0.29, 0.717) is 17.6 Å². The highest BCUT2D eigenvalue weighted by molar-refractivity contribution is 6.24. The monoisotopic (exact) mass is 726 g/mol. The highest BCUT2D eigenvalue weighted by Crippen LogP contribution is 2.47. The zero-order valence-corrected chi connectivity index (χ0v) is 30.9. The van der Waals surface area contributed by atoms with Crippen LogP contribution in [0.2, 0.25) is 0 Å². The average molecular weight is 727 g/mol. The van der Waals surface area contributed by atoms with Crippen molar-refractivity contribution >= 4 is 43.2 Å². The Morgan fingerprint density at radius 1 is 0.281 bits per heavy atom. The van der Waals surface area contributed by atoms with E-state index in [1.54, 1.807) is 0 Å². The molecule has 0 aliphatic carbocycles. The molecule has 0 bridgehead atoms. The highest BCUT2D eigenvalue weighted by Gasteiger charge is 2.21. The molecule has 11 rings (SSSR count). The molecular formula is C53H34N4. The number of aromatic nitrogens is 4. The van der Waals surface area contributed by atoms with Crippen LogP contribution in [0.15, 0.2) is 206 Å². The molecule has 266 valence electrons. The standard InChI is InChI=1S/C53H34N4/c1-4-18-35(19-5-1)49-42-27-12-14-29-44(42)50(45-30-15-13-28-43(45)49)46-33-32-40(38-24-10-11-25-39(38)46)47-34-57(48-31-17-16-26-41(47)48)53-55-51(36-20-6-2-7-21-36)54-52(56-53)37-22-8-3-9-23-37/h1-34H. The van der Waals surface area contributed by atoms with Crippen LogP contribution in [0.25, 0.3) is 105 Å². The van der Waals surface area contributed by atoms with Crippen LogP contribution >= 0.6 is 0 Å². The van der Waals surface area contributed by atoms with Crippen molar-refractivity contribution < 1.29 is 0 Å². The Bertz CT molecular complexity index is 3160. The smallest absolute Gasteiger partial charge is 0.238 e. The molecule has 0 amide bonds. The van der Waals surface area contributed by atoms with Crippen LogP contribution in [0, 0.1) is 0 Å². The number of fused-ring (bicyclic) bond motifs is 4. The van der Waals surface area contributed by atoms with E-state index in [-0.39, 0.29) is 0 Å². The fourth-order valence-corrected chi connectivity index (χ4v) is 8.55. The lowest BCUT2D eigenvalue weighted by molar-refractivity contribution is 0.934. The molecule has 9 aromatic carbocycles. The zero-order chi connectivity index (χ0) is 37.7. The molecule has 2 heterocycles. The molecule has 0 unspecified atom stereocenters. The van der Waals surface area contributed by atoms with Gasteiger partial charge in [-0.3, -0.25) is 4.57 Å². The van der Waals surface area contributed by atoms with Crippen molar-refractivity contribution in [3.63, 3.8) is 0 Å². The van der Waals surface area contributed by atoms with Crippen molar-refractivity contribution in [2.75, 3.05) is 0 Å². The molecule has 11 aromatic rings. The number of nitrogens with zero attached hydrogens (tertiary/aromatic N) is 4. The molecule has 0 saturated heterocycles. The van der Waals surface area contributed by atoms with E-state index in [1.807, 2.05) is 60.7 Å². The third kappa shape index (κ3) is 5.50. The summed E-state index contributed by atoms with van der Waals surface area (Å²) < 4.78 is 2.12. The molecule has 0 radical (unpaired) electrons. The van der Waals surface area contributed by atoms with Crippen molar-refractivity contribution in [1.29, 1.82) is 0 Å². The summed E-state index contributed by atoms with van der Waals surface area (Å²) in [7, 11) is 0. The number of hydrogen-bond acceptors (Lipinski definition) is 3. The lowest BCUT2D eigenvalue weighted by atomic mass is 9.84. The van der Waals surface area contributed by atoms with E-state index in [1.165, 1.54) is 54.6 Å². The van der Waals surface area contributed by atoms with Crippen LogP contribution in [0.4, 0.5) is 0 Å². The summed E-state index contributed by atoms with van der Waals surface area (Å²) in [5.74, 6) is 1.83. The quantitative estimate of drug-likeness (QED) is 0.160. The summed E-state index contributed by atoms with van der Waals surface area (Å²) in [4.78, 5) is 15.2. The SMILES string of the molecule is c1ccc(-c2nc(-c3ccccc3)nc(-n3cc(-c4ccc(-c5c6ccccc6c(-c6ccccc6)c6ccccc56)c5ccccc45)c4ccccc43)n2)cc1. The third-order valence-corrected chi connectivity index (χ3v) is 11.1. The molecule has 0 aliphatic heterocycles. The van der Waals surface area contributed by atoms with Gasteiger partial charge in [-0.25, -0.2) is 4.98 Å². The zero-order valence-electron chi connectivity index (χ0n) is 30.9. The van der Waals surface area contributed by atoms with Gasteiger partial charge in [0, 0.05) is 28.3 Å². The van der Waals surface area contributed by atoms with Crippen LogP contribution in [-0.2, 0) is 0 Å². The molecule has 0 fully saturated rings. The van der Waals surface area contributed by atoms with Crippen LogP contribution in [0.1, 0.15) is 0 Å². The predicted octanol–water partition coefficient (Wildman–Crippen LogP) is 13.6. The lowest BCUT2D eigenvalue weighted by Gasteiger charge is -2.19. The minimum atomic E-state index is 0.572. The van der Waals surface area contributed by atoms with Gasteiger partial charge in [-0.05, 0) is 66.2 Å². The molecule has 0 aliphatic rings.